The number of halogens is 3. The fourth-order valence-electron chi connectivity index (χ4n) is 3.20. The Morgan fingerprint density at radius 3 is 2.29 bits per heavy atom. The second-order valence-electron chi connectivity index (χ2n) is 7.01. The Kier molecular flexibility index (Phi) is 5.46. The molecule has 160 valence electrons. The Morgan fingerprint density at radius 1 is 0.903 bits per heavy atom. The molecule has 31 heavy (non-hydrogen) atoms. The number of benzene rings is 3. The van der Waals surface area contributed by atoms with E-state index in [1.165, 1.54) is 17.0 Å². The van der Waals surface area contributed by atoms with Gasteiger partial charge < -0.3 is 14.8 Å². The summed E-state index contributed by atoms with van der Waals surface area (Å²) in [6, 6.07) is 16.2. The number of anilines is 3. The van der Waals surface area contributed by atoms with E-state index in [9.17, 15) is 18.0 Å². The fourth-order valence-corrected chi connectivity index (χ4v) is 3.20. The minimum absolute atomic E-state index is 0.0366. The zero-order valence-corrected chi connectivity index (χ0v) is 16.6. The third kappa shape index (κ3) is 4.58. The van der Waals surface area contributed by atoms with Gasteiger partial charge in [-0.25, -0.2) is 4.79 Å². The first-order chi connectivity index (χ1) is 14.8. The van der Waals surface area contributed by atoms with Crippen LogP contribution in [0.15, 0.2) is 66.7 Å². The lowest BCUT2D eigenvalue weighted by Gasteiger charge is -2.26. The number of aryl methyl sites for hydroxylation is 1. The third-order valence-corrected chi connectivity index (χ3v) is 4.72. The molecule has 0 radical (unpaired) electrons. The molecule has 0 fully saturated rings. The van der Waals surface area contributed by atoms with Crippen LogP contribution in [0.2, 0.25) is 0 Å². The van der Waals surface area contributed by atoms with Crippen molar-refractivity contribution in [2.24, 2.45) is 0 Å². The smallest absolute Gasteiger partial charge is 0.416 e. The lowest BCUT2D eigenvalue weighted by Crippen LogP contribution is -2.31. The number of ether oxygens (including phenoxy) is 2. The number of amides is 2. The van der Waals surface area contributed by atoms with Gasteiger partial charge in [0.25, 0.3) is 0 Å². The summed E-state index contributed by atoms with van der Waals surface area (Å²) in [5.41, 5.74) is 1.23. The van der Waals surface area contributed by atoms with Crippen LogP contribution in [0.1, 0.15) is 11.1 Å². The molecule has 4 rings (SSSR count). The Morgan fingerprint density at radius 2 is 1.58 bits per heavy atom. The molecule has 0 atom stereocenters. The number of urea groups is 1. The molecule has 3 aromatic carbocycles. The summed E-state index contributed by atoms with van der Waals surface area (Å²) < 4.78 is 50.3. The Bertz CT molecular complexity index is 1100. The van der Waals surface area contributed by atoms with Crippen molar-refractivity contribution < 1.29 is 27.4 Å². The van der Waals surface area contributed by atoms with Crippen molar-refractivity contribution in [2.75, 3.05) is 23.4 Å². The quantitative estimate of drug-likeness (QED) is 0.544. The van der Waals surface area contributed by atoms with Gasteiger partial charge in [0.1, 0.15) is 13.2 Å². The van der Waals surface area contributed by atoms with E-state index >= 15 is 0 Å². The zero-order chi connectivity index (χ0) is 22.0. The van der Waals surface area contributed by atoms with Gasteiger partial charge in [0.05, 0.1) is 16.9 Å². The second kappa shape index (κ2) is 8.22. The predicted molar refractivity (Wildman–Crippen MR) is 111 cm³/mol. The summed E-state index contributed by atoms with van der Waals surface area (Å²) in [6.07, 6.45) is -4.51. The monoisotopic (exact) mass is 428 g/mol. The molecule has 1 N–H and O–H groups in total. The maximum absolute atomic E-state index is 13.2. The van der Waals surface area contributed by atoms with Crippen LogP contribution in [-0.2, 0) is 6.18 Å². The minimum atomic E-state index is -4.51. The van der Waals surface area contributed by atoms with E-state index < -0.39 is 17.8 Å². The number of carbonyl (C=O) groups excluding carboxylic acids is 1. The average molecular weight is 428 g/mol. The van der Waals surface area contributed by atoms with Crippen LogP contribution in [-0.4, -0.2) is 19.2 Å². The number of carbonyl (C=O) groups is 1. The van der Waals surface area contributed by atoms with E-state index in [0.29, 0.717) is 36.1 Å². The normalized spacial score (nSPS) is 12.9. The molecule has 8 heteroatoms. The molecular formula is C23H19F3N2O3. The molecule has 3 aromatic rings. The Labute approximate surface area is 177 Å². The maximum atomic E-state index is 13.2. The molecule has 0 saturated heterocycles. The fraction of sp³-hybridized carbons (Fsp3) is 0.174. The molecule has 2 amide bonds. The van der Waals surface area contributed by atoms with Gasteiger partial charge in [0, 0.05) is 11.8 Å². The number of nitrogens with one attached hydrogen (secondary N) is 1. The van der Waals surface area contributed by atoms with E-state index in [2.05, 4.69) is 5.32 Å². The van der Waals surface area contributed by atoms with Gasteiger partial charge in [0.15, 0.2) is 11.5 Å². The van der Waals surface area contributed by atoms with Gasteiger partial charge in [-0.2, -0.15) is 13.2 Å². The zero-order valence-electron chi connectivity index (χ0n) is 16.6. The van der Waals surface area contributed by atoms with E-state index in [0.717, 1.165) is 17.7 Å². The highest BCUT2D eigenvalue weighted by Gasteiger charge is 2.31. The van der Waals surface area contributed by atoms with E-state index in [1.54, 1.807) is 30.3 Å². The van der Waals surface area contributed by atoms with Crippen molar-refractivity contribution in [1.29, 1.82) is 0 Å². The summed E-state index contributed by atoms with van der Waals surface area (Å²) in [4.78, 5) is 14.6. The Balaban J connectivity index is 1.69. The summed E-state index contributed by atoms with van der Waals surface area (Å²) in [6.45, 7) is 2.74. The predicted octanol–water partition coefficient (Wildman–Crippen LogP) is 6.16. The standard InChI is InChI=1S/C23H19F3N2O3/c1-15-5-7-18(8-6-15)28(19-9-10-20-21(14-19)31-12-11-30-20)22(29)27-17-4-2-3-16(13-17)23(24,25)26/h2-10,13-14H,11-12H2,1H3,(H,27,29). The minimum Gasteiger partial charge on any atom is -0.486 e. The maximum Gasteiger partial charge on any atom is 0.416 e. The molecule has 0 aliphatic carbocycles. The molecule has 1 heterocycles. The van der Waals surface area contributed by atoms with E-state index in [-0.39, 0.29) is 5.69 Å². The highest BCUT2D eigenvalue weighted by atomic mass is 19.4. The molecule has 5 nitrogen and oxygen atoms in total. The molecule has 0 spiro atoms. The van der Waals surface area contributed by atoms with E-state index in [4.69, 9.17) is 9.47 Å². The first kappa shape index (κ1) is 20.6. The Hall–Kier alpha value is -3.68. The summed E-state index contributed by atoms with van der Waals surface area (Å²) in [7, 11) is 0. The van der Waals surface area contributed by atoms with Crippen molar-refractivity contribution in [3.05, 3.63) is 77.9 Å². The van der Waals surface area contributed by atoms with Crippen LogP contribution >= 0.6 is 0 Å². The molecule has 0 unspecified atom stereocenters. The molecule has 0 bridgehead atoms. The number of fused-ring (bicyclic) bond motifs is 1. The largest absolute Gasteiger partial charge is 0.486 e. The summed E-state index contributed by atoms with van der Waals surface area (Å²) in [5, 5.41) is 2.56. The van der Waals surface area contributed by atoms with Gasteiger partial charge >= 0.3 is 12.2 Å². The number of alkyl halides is 3. The van der Waals surface area contributed by atoms with Crippen LogP contribution in [0.3, 0.4) is 0 Å². The average Bonchev–Trinajstić information content (AvgIpc) is 2.75. The van der Waals surface area contributed by atoms with Crippen molar-refractivity contribution in [3.8, 4) is 11.5 Å². The molecule has 0 saturated carbocycles. The lowest BCUT2D eigenvalue weighted by atomic mass is 10.2. The summed E-state index contributed by atoms with van der Waals surface area (Å²) >= 11 is 0. The topological polar surface area (TPSA) is 50.8 Å². The number of nitrogens with zero attached hydrogens (tertiary/aromatic N) is 1. The van der Waals surface area contributed by atoms with Gasteiger partial charge in [-0.1, -0.05) is 23.8 Å². The summed E-state index contributed by atoms with van der Waals surface area (Å²) in [5.74, 6) is 1.06. The molecular weight excluding hydrogens is 409 g/mol. The molecule has 0 aromatic heterocycles. The van der Waals surface area contributed by atoms with Crippen molar-refractivity contribution in [2.45, 2.75) is 13.1 Å². The van der Waals surface area contributed by atoms with Crippen molar-refractivity contribution in [1.82, 2.24) is 0 Å². The van der Waals surface area contributed by atoms with Crippen LogP contribution in [0.25, 0.3) is 0 Å². The number of hydrogen-bond donors (Lipinski definition) is 1. The van der Waals surface area contributed by atoms with Crippen LogP contribution in [0.5, 0.6) is 11.5 Å². The highest BCUT2D eigenvalue weighted by molar-refractivity contribution is 6.07. The second-order valence-corrected chi connectivity index (χ2v) is 7.01. The highest BCUT2D eigenvalue weighted by Crippen LogP contribution is 2.37. The van der Waals surface area contributed by atoms with Gasteiger partial charge in [0.2, 0.25) is 0 Å². The van der Waals surface area contributed by atoms with Crippen LogP contribution < -0.4 is 19.7 Å². The van der Waals surface area contributed by atoms with Crippen molar-refractivity contribution >= 4 is 23.1 Å². The lowest BCUT2D eigenvalue weighted by molar-refractivity contribution is -0.137. The molecule has 1 aliphatic heterocycles. The third-order valence-electron chi connectivity index (χ3n) is 4.72. The number of hydrogen-bond acceptors (Lipinski definition) is 3. The molecule has 1 aliphatic rings. The van der Waals surface area contributed by atoms with E-state index in [1.807, 2.05) is 19.1 Å². The number of rotatable bonds is 3. The SMILES string of the molecule is Cc1ccc(N(C(=O)Nc2cccc(C(F)(F)F)c2)c2ccc3c(c2)OCCO3)cc1. The van der Waals surface area contributed by atoms with Crippen LogP contribution in [0, 0.1) is 6.92 Å². The first-order valence-electron chi connectivity index (χ1n) is 9.56. The van der Waals surface area contributed by atoms with Crippen LogP contribution in [0.4, 0.5) is 35.0 Å². The first-order valence-corrected chi connectivity index (χ1v) is 9.56. The van der Waals surface area contributed by atoms with Crippen molar-refractivity contribution in [3.63, 3.8) is 0 Å². The van der Waals surface area contributed by atoms with Gasteiger partial charge in [-0.05, 0) is 49.4 Å². The van der Waals surface area contributed by atoms with Gasteiger partial charge in [-0.3, -0.25) is 4.90 Å². The van der Waals surface area contributed by atoms with Gasteiger partial charge in [-0.15, -0.1) is 0 Å².